The van der Waals surface area contributed by atoms with Crippen molar-refractivity contribution in [2.75, 3.05) is 7.05 Å². The Kier molecular flexibility index (Phi) is 5.88. The lowest BCUT2D eigenvalue weighted by atomic mass is 10.1. The van der Waals surface area contributed by atoms with Gasteiger partial charge in [0.2, 0.25) is 5.91 Å². The highest BCUT2D eigenvalue weighted by Gasteiger charge is 2.21. The number of hydrogen-bond donors (Lipinski definition) is 1. The van der Waals surface area contributed by atoms with Gasteiger partial charge < -0.3 is 4.90 Å². The lowest BCUT2D eigenvalue weighted by Crippen LogP contribution is -2.32. The van der Waals surface area contributed by atoms with Gasteiger partial charge in [-0.2, -0.15) is 5.10 Å². The van der Waals surface area contributed by atoms with Crippen LogP contribution in [0.4, 0.5) is 5.69 Å². The van der Waals surface area contributed by atoms with Crippen LogP contribution in [0.15, 0.2) is 48.5 Å². The third-order valence-corrected chi connectivity index (χ3v) is 5.18. The van der Waals surface area contributed by atoms with Crippen molar-refractivity contribution in [3.05, 3.63) is 74.5 Å². The Balaban J connectivity index is 1.84. The van der Waals surface area contributed by atoms with E-state index in [0.717, 1.165) is 11.1 Å². The van der Waals surface area contributed by atoms with Crippen molar-refractivity contribution in [2.45, 2.75) is 26.4 Å². The van der Waals surface area contributed by atoms with Gasteiger partial charge in [0.15, 0.2) is 10.6 Å². The Morgan fingerprint density at radius 1 is 1.31 bits per heavy atom. The summed E-state index contributed by atoms with van der Waals surface area (Å²) in [4.78, 5) is 25.1. The molecule has 0 aliphatic rings. The van der Waals surface area contributed by atoms with Crippen LogP contribution in [-0.2, 0) is 11.3 Å². The average Bonchev–Trinajstić information content (AvgIpc) is 3.07. The summed E-state index contributed by atoms with van der Waals surface area (Å²) < 4.78 is 2.01. The third-order valence-electron chi connectivity index (χ3n) is 4.87. The van der Waals surface area contributed by atoms with Crippen LogP contribution in [0.5, 0.6) is 0 Å². The number of rotatable bonds is 6. The van der Waals surface area contributed by atoms with Gasteiger partial charge >= 0.3 is 0 Å². The van der Waals surface area contributed by atoms with Gasteiger partial charge in [-0.3, -0.25) is 24.6 Å². The minimum Gasteiger partial charge on any atom is -0.337 e. The lowest BCUT2D eigenvalue weighted by Gasteiger charge is -2.25. The highest BCUT2D eigenvalue weighted by atomic mass is 32.1. The van der Waals surface area contributed by atoms with Crippen molar-refractivity contribution < 1.29 is 9.72 Å². The molecule has 1 amide bonds. The number of aromatic amines is 1. The van der Waals surface area contributed by atoms with E-state index >= 15 is 0 Å². The molecule has 0 radical (unpaired) electrons. The molecule has 1 N–H and O–H groups in total. The minimum absolute atomic E-state index is 0.00557. The Hall–Kier alpha value is -3.33. The molecule has 0 aliphatic carbocycles. The Bertz CT molecular complexity index is 1120. The zero-order valence-corrected chi connectivity index (χ0v) is 17.1. The van der Waals surface area contributed by atoms with E-state index in [1.54, 1.807) is 28.6 Å². The van der Waals surface area contributed by atoms with Crippen LogP contribution in [0, 0.1) is 21.8 Å². The number of carbonyl (C=O) groups is 1. The summed E-state index contributed by atoms with van der Waals surface area (Å²) in [6.45, 7) is 3.82. The number of H-pyrrole nitrogens is 1. The second-order valence-corrected chi connectivity index (χ2v) is 7.23. The highest BCUT2D eigenvalue weighted by molar-refractivity contribution is 7.71. The van der Waals surface area contributed by atoms with Crippen LogP contribution < -0.4 is 0 Å². The number of aromatic nitrogens is 3. The summed E-state index contributed by atoms with van der Waals surface area (Å²) in [5.41, 5.74) is 2.61. The summed E-state index contributed by atoms with van der Waals surface area (Å²) in [5, 5.41) is 18.0. The minimum atomic E-state index is -0.447. The first kappa shape index (κ1) is 20.4. The van der Waals surface area contributed by atoms with Crippen LogP contribution in [0.2, 0.25) is 0 Å². The van der Waals surface area contributed by atoms with Gasteiger partial charge in [-0.1, -0.05) is 35.9 Å². The Morgan fingerprint density at radius 2 is 2.03 bits per heavy atom. The van der Waals surface area contributed by atoms with Crippen molar-refractivity contribution in [3.8, 4) is 11.4 Å². The molecule has 29 heavy (non-hydrogen) atoms. The zero-order chi connectivity index (χ0) is 21.1. The van der Waals surface area contributed by atoms with Crippen molar-refractivity contribution >= 4 is 23.8 Å². The summed E-state index contributed by atoms with van der Waals surface area (Å²) in [5.74, 6) is 0.402. The molecule has 0 bridgehead atoms. The standard InChI is InChI=1S/C20H21N5O3S/c1-13-6-4-8-16(10-13)19-21-22-20(29)24(19)12-18(26)23(3)14(2)15-7-5-9-17(11-15)25(27)28/h4-11,14H,12H2,1-3H3,(H,22,29). The number of non-ortho nitro benzene ring substituents is 1. The molecule has 0 aliphatic heterocycles. The van der Waals surface area contributed by atoms with E-state index < -0.39 is 4.92 Å². The van der Waals surface area contributed by atoms with Gasteiger partial charge in [-0.05, 0) is 37.7 Å². The van der Waals surface area contributed by atoms with Gasteiger partial charge in [0, 0.05) is 24.7 Å². The normalized spacial score (nSPS) is 11.8. The van der Waals surface area contributed by atoms with E-state index in [9.17, 15) is 14.9 Å². The largest absolute Gasteiger partial charge is 0.337 e. The number of carbonyl (C=O) groups excluding carboxylic acids is 1. The molecule has 1 unspecified atom stereocenters. The molecule has 1 atom stereocenters. The number of nitrogens with one attached hydrogen (secondary N) is 1. The first-order chi connectivity index (χ1) is 13.8. The fourth-order valence-electron chi connectivity index (χ4n) is 3.05. The fraction of sp³-hybridized carbons (Fsp3) is 0.250. The molecule has 3 aromatic rings. The second kappa shape index (κ2) is 8.36. The van der Waals surface area contributed by atoms with E-state index in [1.807, 2.05) is 38.1 Å². The first-order valence-corrected chi connectivity index (χ1v) is 9.41. The molecule has 0 fully saturated rings. The maximum absolute atomic E-state index is 12.9. The van der Waals surface area contributed by atoms with Gasteiger partial charge in [0.1, 0.15) is 6.54 Å². The number of nitro benzene ring substituents is 1. The number of benzene rings is 2. The Labute approximate surface area is 172 Å². The van der Waals surface area contributed by atoms with Crippen molar-refractivity contribution in [3.63, 3.8) is 0 Å². The summed E-state index contributed by atoms with van der Waals surface area (Å²) in [6.07, 6.45) is 0. The molecule has 0 saturated heterocycles. The molecule has 0 saturated carbocycles. The fourth-order valence-corrected chi connectivity index (χ4v) is 3.25. The van der Waals surface area contributed by atoms with Crippen LogP contribution in [0.25, 0.3) is 11.4 Å². The second-order valence-electron chi connectivity index (χ2n) is 6.84. The summed E-state index contributed by atoms with van der Waals surface area (Å²) in [7, 11) is 1.67. The molecule has 150 valence electrons. The van der Waals surface area contributed by atoms with Gasteiger partial charge in [-0.15, -0.1) is 0 Å². The van der Waals surface area contributed by atoms with Crippen LogP contribution in [-0.4, -0.2) is 37.5 Å². The van der Waals surface area contributed by atoms with Crippen LogP contribution in [0.3, 0.4) is 0 Å². The number of nitrogens with zero attached hydrogens (tertiary/aromatic N) is 4. The van der Waals surface area contributed by atoms with E-state index in [2.05, 4.69) is 10.2 Å². The van der Waals surface area contributed by atoms with Gasteiger partial charge in [0.25, 0.3) is 5.69 Å². The number of aryl methyl sites for hydroxylation is 1. The molecule has 1 heterocycles. The van der Waals surface area contributed by atoms with Crippen LogP contribution in [0.1, 0.15) is 24.1 Å². The highest BCUT2D eigenvalue weighted by Crippen LogP contribution is 2.24. The topological polar surface area (TPSA) is 97.1 Å². The summed E-state index contributed by atoms with van der Waals surface area (Å²) >= 11 is 5.31. The predicted molar refractivity (Wildman–Crippen MR) is 112 cm³/mol. The first-order valence-electron chi connectivity index (χ1n) is 9.00. The molecular weight excluding hydrogens is 390 g/mol. The number of hydrogen-bond acceptors (Lipinski definition) is 5. The molecule has 0 spiro atoms. The predicted octanol–water partition coefficient (Wildman–Crippen LogP) is 4.04. The van der Waals surface area contributed by atoms with E-state index in [-0.39, 0.29) is 24.2 Å². The Morgan fingerprint density at radius 3 is 2.72 bits per heavy atom. The molecule has 3 rings (SSSR count). The van der Waals surface area contributed by atoms with E-state index in [1.165, 1.54) is 12.1 Å². The zero-order valence-electron chi connectivity index (χ0n) is 16.3. The van der Waals surface area contributed by atoms with Crippen LogP contribution >= 0.6 is 12.2 Å². The SMILES string of the molecule is Cc1cccc(-c2n[nH]c(=S)n2CC(=O)N(C)C(C)c2cccc([N+](=O)[O-])c2)c1. The molecule has 8 nitrogen and oxygen atoms in total. The lowest BCUT2D eigenvalue weighted by molar-refractivity contribution is -0.384. The average molecular weight is 411 g/mol. The van der Waals surface area contributed by atoms with Gasteiger partial charge in [0.05, 0.1) is 11.0 Å². The maximum atomic E-state index is 12.9. The molecule has 1 aromatic heterocycles. The van der Waals surface area contributed by atoms with Gasteiger partial charge in [-0.25, -0.2) is 0 Å². The maximum Gasteiger partial charge on any atom is 0.269 e. The number of nitro groups is 1. The number of likely N-dealkylation sites (N-methyl/N-ethyl adjacent to an activating group) is 1. The van der Waals surface area contributed by atoms with Crippen molar-refractivity contribution in [1.29, 1.82) is 0 Å². The number of amides is 1. The molecule has 9 heteroatoms. The van der Waals surface area contributed by atoms with E-state index in [4.69, 9.17) is 12.2 Å². The van der Waals surface area contributed by atoms with Crippen molar-refractivity contribution in [2.24, 2.45) is 0 Å². The third kappa shape index (κ3) is 4.40. The molecular formula is C20H21N5O3S. The smallest absolute Gasteiger partial charge is 0.269 e. The summed E-state index contributed by atoms with van der Waals surface area (Å²) in [6, 6.07) is 13.7. The quantitative estimate of drug-likeness (QED) is 0.375. The van der Waals surface area contributed by atoms with E-state index in [0.29, 0.717) is 16.2 Å². The van der Waals surface area contributed by atoms with Crippen molar-refractivity contribution in [1.82, 2.24) is 19.7 Å². The molecule has 2 aromatic carbocycles. The monoisotopic (exact) mass is 411 g/mol.